The summed E-state index contributed by atoms with van der Waals surface area (Å²) in [5, 5.41) is 0. The van der Waals surface area contributed by atoms with Gasteiger partial charge in [-0.1, -0.05) is 0 Å². The van der Waals surface area contributed by atoms with Gasteiger partial charge in [0.05, 0.1) is 4.90 Å². The third kappa shape index (κ3) is 3.69. The van der Waals surface area contributed by atoms with Gasteiger partial charge < -0.3 is 0 Å². The van der Waals surface area contributed by atoms with Gasteiger partial charge in [0.2, 0.25) is 0 Å². The van der Waals surface area contributed by atoms with Crippen molar-refractivity contribution in [2.24, 2.45) is 0 Å². The van der Waals surface area contributed by atoms with Crippen molar-refractivity contribution in [2.45, 2.75) is 34.0 Å². The monoisotopic (exact) mass is 473 g/mol. The normalized spacial score (nSPS) is 22.5. The maximum Gasteiger partial charge on any atom is 0.511 e. The number of hydrogen-bond donors (Lipinski definition) is 1. The van der Waals surface area contributed by atoms with E-state index in [2.05, 4.69) is 0 Å². The summed E-state index contributed by atoms with van der Waals surface area (Å²) in [5.74, 6) is -2.91. The number of halogens is 6. The Morgan fingerprint density at radius 1 is 0.867 bits per heavy atom. The zero-order valence-electron chi connectivity index (χ0n) is 14.8. The summed E-state index contributed by atoms with van der Waals surface area (Å²) >= 11 is 0. The summed E-state index contributed by atoms with van der Waals surface area (Å²) in [6, 6.07) is 3.82. The second-order valence-electron chi connectivity index (χ2n) is 6.75. The molecule has 2 aromatic rings. The van der Waals surface area contributed by atoms with E-state index in [0.717, 1.165) is 30.3 Å². The molecule has 1 fully saturated rings. The smallest absolute Gasteiger partial charge is 0.223 e. The van der Waals surface area contributed by atoms with Crippen molar-refractivity contribution in [3.63, 3.8) is 0 Å². The number of nitrogens with one attached hydrogen (secondary N) is 1. The highest BCUT2D eigenvalue weighted by atomic mass is 32.2. The Bertz CT molecular complexity index is 1170. The van der Waals surface area contributed by atoms with Gasteiger partial charge in [-0.25, -0.2) is 34.7 Å². The number of hydrogen-bond acceptors (Lipinski definition) is 4. The van der Waals surface area contributed by atoms with Gasteiger partial charge in [0.25, 0.3) is 0 Å². The Balaban J connectivity index is 2.07. The van der Waals surface area contributed by atoms with Gasteiger partial charge in [0, 0.05) is 11.6 Å². The Hall–Kier alpha value is -2.12. The molecule has 5 nitrogen and oxygen atoms in total. The van der Waals surface area contributed by atoms with E-state index >= 15 is 0 Å². The molecule has 3 rings (SSSR count). The van der Waals surface area contributed by atoms with E-state index in [1.54, 1.807) is 0 Å². The summed E-state index contributed by atoms with van der Waals surface area (Å²) < 4.78 is 127. The van der Waals surface area contributed by atoms with Crippen LogP contribution in [0.2, 0.25) is 0 Å². The minimum atomic E-state index is -5.79. The lowest BCUT2D eigenvalue weighted by Crippen LogP contribution is -2.58. The molecule has 2 aromatic carbocycles. The molecule has 30 heavy (non-hydrogen) atoms. The van der Waals surface area contributed by atoms with Crippen molar-refractivity contribution in [3.05, 3.63) is 65.5 Å². The van der Waals surface area contributed by atoms with Crippen LogP contribution in [0.4, 0.5) is 26.3 Å². The molecule has 1 aliphatic rings. The zero-order chi connectivity index (χ0) is 22.5. The topological polar surface area (TPSA) is 80.3 Å². The van der Waals surface area contributed by atoms with Gasteiger partial charge in [-0.15, -0.1) is 0 Å². The largest absolute Gasteiger partial charge is 0.511 e. The Morgan fingerprint density at radius 3 is 1.93 bits per heavy atom. The van der Waals surface area contributed by atoms with Gasteiger partial charge in [-0.3, -0.25) is 0 Å². The first-order valence-corrected chi connectivity index (χ1v) is 11.2. The van der Waals surface area contributed by atoms with E-state index in [9.17, 15) is 43.2 Å². The highest BCUT2D eigenvalue weighted by Crippen LogP contribution is 2.52. The Morgan fingerprint density at radius 2 is 1.40 bits per heavy atom. The molecule has 1 N–H and O–H groups in total. The molecule has 1 aliphatic carbocycles. The number of sulfonamides is 1. The van der Waals surface area contributed by atoms with Crippen molar-refractivity contribution in [2.75, 3.05) is 0 Å². The van der Waals surface area contributed by atoms with E-state index in [0.29, 0.717) is 12.1 Å². The second-order valence-corrected chi connectivity index (χ2v) is 10.7. The van der Waals surface area contributed by atoms with Gasteiger partial charge in [0.1, 0.15) is 22.2 Å². The SMILES string of the molecule is O=S(=O)(NC1CC(c2cc(F)ccc2F)(S(=O)(=O)c2ccc(F)cc2)C1)C(F)(F)F. The molecule has 13 heteroatoms. The van der Waals surface area contributed by atoms with Crippen molar-refractivity contribution >= 4 is 19.9 Å². The molecule has 0 radical (unpaired) electrons. The first kappa shape index (κ1) is 22.6. The highest BCUT2D eigenvalue weighted by molar-refractivity contribution is 7.92. The van der Waals surface area contributed by atoms with E-state index in [-0.39, 0.29) is 0 Å². The molecule has 0 unspecified atom stereocenters. The molecule has 0 saturated heterocycles. The quantitative estimate of drug-likeness (QED) is 0.534. The molecule has 164 valence electrons. The predicted molar refractivity (Wildman–Crippen MR) is 92.8 cm³/mol. The van der Waals surface area contributed by atoms with Gasteiger partial charge in [-0.2, -0.15) is 13.2 Å². The minimum absolute atomic E-state index is 0.482. The van der Waals surface area contributed by atoms with E-state index in [1.807, 2.05) is 0 Å². The number of rotatable bonds is 5. The van der Waals surface area contributed by atoms with Crippen LogP contribution in [0, 0.1) is 17.5 Å². The standard InChI is InChI=1S/C17H13F6NO4S2/c18-10-1-4-13(5-2-10)29(25,26)16(14-7-11(19)3-6-15(14)20)8-12(9-16)24-30(27,28)17(21,22)23/h1-7,12,24H,8-9H2. The molecular weight excluding hydrogens is 460 g/mol. The van der Waals surface area contributed by atoms with Crippen molar-refractivity contribution in [3.8, 4) is 0 Å². The first-order valence-electron chi connectivity index (χ1n) is 8.24. The minimum Gasteiger partial charge on any atom is -0.223 e. The van der Waals surface area contributed by atoms with Crippen LogP contribution in [0.5, 0.6) is 0 Å². The first-order chi connectivity index (χ1) is 13.7. The lowest BCUT2D eigenvalue weighted by Gasteiger charge is -2.47. The van der Waals surface area contributed by atoms with Crippen molar-refractivity contribution in [1.82, 2.24) is 4.72 Å². The average Bonchev–Trinajstić information content (AvgIpc) is 2.59. The van der Waals surface area contributed by atoms with Crippen molar-refractivity contribution < 1.29 is 43.2 Å². The molecule has 0 aromatic heterocycles. The van der Waals surface area contributed by atoms with Crippen LogP contribution in [0.3, 0.4) is 0 Å². The van der Waals surface area contributed by atoms with Crippen LogP contribution in [0.25, 0.3) is 0 Å². The fourth-order valence-corrected chi connectivity index (χ4v) is 6.35. The van der Waals surface area contributed by atoms with E-state index in [1.165, 1.54) is 4.72 Å². The highest BCUT2D eigenvalue weighted by Gasteiger charge is 2.59. The maximum atomic E-state index is 14.4. The number of benzene rings is 2. The third-order valence-electron chi connectivity index (χ3n) is 4.84. The molecule has 0 aliphatic heterocycles. The van der Waals surface area contributed by atoms with Crippen LogP contribution in [0.1, 0.15) is 18.4 Å². The second kappa shape index (κ2) is 7.24. The van der Waals surface area contributed by atoms with Crippen molar-refractivity contribution in [1.29, 1.82) is 0 Å². The van der Waals surface area contributed by atoms with Crippen LogP contribution in [0.15, 0.2) is 47.4 Å². The Labute approximate surface area is 167 Å². The maximum absolute atomic E-state index is 14.4. The average molecular weight is 473 g/mol. The fraction of sp³-hybridized carbons (Fsp3) is 0.294. The van der Waals surface area contributed by atoms with Crippen LogP contribution in [-0.4, -0.2) is 28.4 Å². The van der Waals surface area contributed by atoms with E-state index in [4.69, 9.17) is 0 Å². The lowest BCUT2D eigenvalue weighted by atomic mass is 9.75. The molecule has 0 atom stereocenters. The lowest BCUT2D eigenvalue weighted by molar-refractivity contribution is -0.0455. The molecule has 0 amide bonds. The summed E-state index contributed by atoms with van der Waals surface area (Å²) in [5.41, 5.74) is -6.29. The summed E-state index contributed by atoms with van der Waals surface area (Å²) in [6.45, 7) is 0. The van der Waals surface area contributed by atoms with Crippen LogP contribution >= 0.6 is 0 Å². The summed E-state index contributed by atoms with van der Waals surface area (Å²) in [7, 11) is -10.4. The molecule has 0 bridgehead atoms. The van der Waals surface area contributed by atoms with Crippen LogP contribution < -0.4 is 4.72 Å². The summed E-state index contributed by atoms with van der Waals surface area (Å²) in [4.78, 5) is -0.482. The van der Waals surface area contributed by atoms with Gasteiger partial charge in [0.15, 0.2) is 9.84 Å². The van der Waals surface area contributed by atoms with Gasteiger partial charge >= 0.3 is 15.5 Å². The molecule has 0 heterocycles. The van der Waals surface area contributed by atoms with Crippen LogP contribution in [-0.2, 0) is 24.6 Å². The van der Waals surface area contributed by atoms with E-state index < -0.39 is 76.9 Å². The predicted octanol–water partition coefficient (Wildman–Crippen LogP) is 3.37. The fourth-order valence-electron chi connectivity index (χ4n) is 3.38. The summed E-state index contributed by atoms with van der Waals surface area (Å²) in [6.07, 6.45) is -1.58. The Kier molecular flexibility index (Phi) is 5.44. The third-order valence-corrected chi connectivity index (χ3v) is 8.56. The molecular formula is C17H13F6NO4S2. The number of sulfone groups is 1. The number of alkyl halides is 3. The van der Waals surface area contributed by atoms with Gasteiger partial charge in [-0.05, 0) is 55.3 Å². The molecule has 0 spiro atoms. The zero-order valence-corrected chi connectivity index (χ0v) is 16.4. The molecule has 1 saturated carbocycles.